The van der Waals surface area contributed by atoms with Crippen LogP contribution in [0.2, 0.25) is 0 Å². The van der Waals surface area contributed by atoms with Gasteiger partial charge in [0, 0.05) is 13.7 Å². The number of rotatable bonds is 6. The number of hydrogen-bond acceptors (Lipinski definition) is 5. The molecule has 1 aromatic heterocycles. The fourth-order valence-corrected chi connectivity index (χ4v) is 1.21. The molecule has 0 aromatic carbocycles. The number of ether oxygens (including phenoxy) is 1. The number of aliphatic hydroxyl groups is 1. The van der Waals surface area contributed by atoms with Gasteiger partial charge in [0.05, 0.1) is 18.4 Å². The lowest BCUT2D eigenvalue weighted by atomic mass is 10.3. The Morgan fingerprint density at radius 3 is 2.93 bits per heavy atom. The van der Waals surface area contributed by atoms with E-state index in [-0.39, 0.29) is 0 Å². The van der Waals surface area contributed by atoms with Gasteiger partial charge in [-0.25, -0.2) is 4.68 Å². The zero-order chi connectivity index (χ0) is 11.3. The lowest BCUT2D eigenvalue weighted by Crippen LogP contribution is -2.11. The molecule has 6 nitrogen and oxygen atoms in total. The van der Waals surface area contributed by atoms with Crippen molar-refractivity contribution < 1.29 is 14.6 Å². The van der Waals surface area contributed by atoms with Crippen LogP contribution in [0.3, 0.4) is 0 Å². The predicted molar refractivity (Wildman–Crippen MR) is 52.4 cm³/mol. The van der Waals surface area contributed by atoms with Crippen molar-refractivity contribution >= 4 is 6.29 Å². The minimum absolute atomic E-state index is 0.293. The number of nitrogens with zero attached hydrogens (tertiary/aromatic N) is 3. The highest BCUT2D eigenvalue weighted by Crippen LogP contribution is 2.06. The van der Waals surface area contributed by atoms with Crippen molar-refractivity contribution in [1.82, 2.24) is 15.0 Å². The van der Waals surface area contributed by atoms with Crippen LogP contribution in [0.1, 0.15) is 29.5 Å². The maximum Gasteiger partial charge on any atom is 0.172 e. The zero-order valence-electron chi connectivity index (χ0n) is 8.88. The van der Waals surface area contributed by atoms with Crippen molar-refractivity contribution in [3.63, 3.8) is 0 Å². The van der Waals surface area contributed by atoms with E-state index in [0.717, 1.165) is 0 Å². The molecule has 0 amide bonds. The van der Waals surface area contributed by atoms with Crippen LogP contribution in [0.25, 0.3) is 0 Å². The predicted octanol–water partition coefficient (Wildman–Crippen LogP) is 0.00790. The fraction of sp³-hybridized carbons (Fsp3) is 0.667. The van der Waals surface area contributed by atoms with E-state index in [1.54, 1.807) is 18.7 Å². The van der Waals surface area contributed by atoms with Gasteiger partial charge in [-0.05, 0) is 13.3 Å². The number of hydrogen-bond donors (Lipinski definition) is 1. The summed E-state index contributed by atoms with van der Waals surface area (Å²) < 4.78 is 6.54. The molecule has 0 aliphatic carbocycles. The van der Waals surface area contributed by atoms with E-state index >= 15 is 0 Å². The van der Waals surface area contributed by atoms with Gasteiger partial charge in [0.15, 0.2) is 12.0 Å². The summed E-state index contributed by atoms with van der Waals surface area (Å²) in [5.41, 5.74) is 0.940. The van der Waals surface area contributed by atoms with Gasteiger partial charge in [0.25, 0.3) is 0 Å². The van der Waals surface area contributed by atoms with Crippen LogP contribution in [-0.4, -0.2) is 39.6 Å². The summed E-state index contributed by atoms with van der Waals surface area (Å²) in [4.78, 5) is 10.6. The molecular weight excluding hydrogens is 198 g/mol. The Hall–Kier alpha value is -1.27. The molecule has 84 valence electrons. The topological polar surface area (TPSA) is 77.2 Å². The van der Waals surface area contributed by atoms with Gasteiger partial charge in [0.1, 0.15) is 0 Å². The molecule has 0 aliphatic heterocycles. The molecule has 6 heteroatoms. The lowest BCUT2D eigenvalue weighted by molar-refractivity contribution is 0.111. The number of aromatic nitrogens is 3. The molecule has 1 atom stereocenters. The van der Waals surface area contributed by atoms with E-state index in [1.165, 1.54) is 0 Å². The lowest BCUT2D eigenvalue weighted by Gasteiger charge is -2.07. The molecule has 1 rings (SSSR count). The minimum Gasteiger partial charge on any atom is -0.393 e. The van der Waals surface area contributed by atoms with Crippen LogP contribution in [0.4, 0.5) is 0 Å². The second kappa shape index (κ2) is 5.57. The molecule has 0 saturated carbocycles. The quantitative estimate of drug-likeness (QED) is 0.673. The van der Waals surface area contributed by atoms with E-state index < -0.39 is 6.10 Å². The average molecular weight is 213 g/mol. The van der Waals surface area contributed by atoms with E-state index in [9.17, 15) is 4.79 Å². The van der Waals surface area contributed by atoms with Crippen LogP contribution in [-0.2, 0) is 17.9 Å². The molecule has 1 heterocycles. The smallest absolute Gasteiger partial charge is 0.172 e. The van der Waals surface area contributed by atoms with Crippen LogP contribution in [0, 0.1) is 0 Å². The maximum absolute atomic E-state index is 10.6. The van der Waals surface area contributed by atoms with Crippen molar-refractivity contribution in [3.8, 4) is 0 Å². The highest BCUT2D eigenvalue weighted by atomic mass is 16.5. The van der Waals surface area contributed by atoms with Gasteiger partial charge in [-0.1, -0.05) is 5.21 Å². The minimum atomic E-state index is -0.399. The molecule has 0 aliphatic rings. The van der Waals surface area contributed by atoms with Crippen molar-refractivity contribution in [2.75, 3.05) is 7.11 Å². The van der Waals surface area contributed by atoms with Crippen molar-refractivity contribution in [3.05, 3.63) is 11.4 Å². The highest BCUT2D eigenvalue weighted by Gasteiger charge is 2.12. The summed E-state index contributed by atoms with van der Waals surface area (Å²) in [6.45, 7) is 2.52. The standard InChI is InChI=1S/C9H15N3O3/c1-7(14)3-4-12-9(6-15-2)8(5-13)10-11-12/h5,7,14H,3-4,6H2,1-2H3. The zero-order valence-corrected chi connectivity index (χ0v) is 8.88. The summed E-state index contributed by atoms with van der Waals surface area (Å²) in [6, 6.07) is 0. The summed E-state index contributed by atoms with van der Waals surface area (Å²) in [6.07, 6.45) is 0.822. The Morgan fingerprint density at radius 1 is 1.67 bits per heavy atom. The first-order valence-corrected chi connectivity index (χ1v) is 4.73. The van der Waals surface area contributed by atoms with Crippen molar-refractivity contribution in [1.29, 1.82) is 0 Å². The number of aryl methyl sites for hydroxylation is 1. The maximum atomic E-state index is 10.6. The number of aliphatic hydroxyl groups excluding tert-OH is 1. The Balaban J connectivity index is 2.77. The molecule has 0 spiro atoms. The number of methoxy groups -OCH3 is 1. The van der Waals surface area contributed by atoms with Gasteiger partial charge in [-0.2, -0.15) is 0 Å². The van der Waals surface area contributed by atoms with Crippen LogP contribution in [0.15, 0.2) is 0 Å². The SMILES string of the molecule is COCc1c(C=O)nnn1CCC(C)O. The Kier molecular flexibility index (Phi) is 4.38. The first-order chi connectivity index (χ1) is 7.19. The summed E-state index contributed by atoms with van der Waals surface area (Å²) in [5, 5.41) is 16.7. The molecule has 0 radical (unpaired) electrons. The van der Waals surface area contributed by atoms with Crippen molar-refractivity contribution in [2.24, 2.45) is 0 Å². The largest absolute Gasteiger partial charge is 0.393 e. The molecule has 15 heavy (non-hydrogen) atoms. The third kappa shape index (κ3) is 3.10. The van der Waals surface area contributed by atoms with Gasteiger partial charge in [-0.3, -0.25) is 4.79 Å². The van der Waals surface area contributed by atoms with E-state index in [2.05, 4.69) is 10.3 Å². The van der Waals surface area contributed by atoms with Gasteiger partial charge < -0.3 is 9.84 Å². The number of carbonyl (C=O) groups excluding carboxylic acids is 1. The van der Waals surface area contributed by atoms with E-state index in [0.29, 0.717) is 37.2 Å². The summed E-state index contributed by atoms with van der Waals surface area (Å²) in [7, 11) is 1.54. The van der Waals surface area contributed by atoms with Gasteiger partial charge in [0.2, 0.25) is 0 Å². The van der Waals surface area contributed by atoms with E-state index in [1.807, 2.05) is 0 Å². The van der Waals surface area contributed by atoms with Crippen LogP contribution in [0.5, 0.6) is 0 Å². The first kappa shape index (κ1) is 11.8. The summed E-state index contributed by atoms with van der Waals surface area (Å²) in [5.74, 6) is 0. The van der Waals surface area contributed by atoms with Gasteiger partial charge in [-0.15, -0.1) is 5.10 Å². The van der Waals surface area contributed by atoms with Crippen LogP contribution < -0.4 is 0 Å². The third-order valence-corrected chi connectivity index (χ3v) is 2.02. The van der Waals surface area contributed by atoms with E-state index in [4.69, 9.17) is 9.84 Å². The average Bonchev–Trinajstić information content (AvgIpc) is 2.58. The molecule has 1 unspecified atom stereocenters. The normalized spacial score (nSPS) is 12.7. The molecule has 0 fully saturated rings. The van der Waals surface area contributed by atoms with Crippen molar-refractivity contribution in [2.45, 2.75) is 32.6 Å². The monoisotopic (exact) mass is 213 g/mol. The second-order valence-electron chi connectivity index (χ2n) is 3.33. The number of aldehydes is 1. The molecular formula is C9H15N3O3. The highest BCUT2D eigenvalue weighted by molar-refractivity contribution is 5.73. The molecule has 0 bridgehead atoms. The Bertz CT molecular complexity index is 322. The third-order valence-electron chi connectivity index (χ3n) is 2.02. The summed E-state index contributed by atoms with van der Waals surface area (Å²) >= 11 is 0. The molecule has 1 N–H and O–H groups in total. The number of carbonyl (C=O) groups is 1. The second-order valence-corrected chi connectivity index (χ2v) is 3.33. The Labute approximate surface area is 87.9 Å². The fourth-order valence-electron chi connectivity index (χ4n) is 1.21. The van der Waals surface area contributed by atoms with Gasteiger partial charge >= 0.3 is 0 Å². The molecule has 0 saturated heterocycles. The first-order valence-electron chi connectivity index (χ1n) is 4.73. The Morgan fingerprint density at radius 2 is 2.40 bits per heavy atom. The van der Waals surface area contributed by atoms with Crippen LogP contribution >= 0.6 is 0 Å². The molecule has 1 aromatic rings.